The van der Waals surface area contributed by atoms with Gasteiger partial charge in [0.25, 0.3) is 0 Å². The van der Waals surface area contributed by atoms with Crippen molar-refractivity contribution in [3.05, 3.63) is 36.5 Å². The SMILES string of the molecule is C1=CC1.C1=CCC1.C1=CCCC1. The maximum Gasteiger partial charge on any atom is -0.0169 e. The van der Waals surface area contributed by atoms with E-state index in [0.717, 1.165) is 0 Å². The third-order valence-corrected chi connectivity index (χ3v) is 1.81. The van der Waals surface area contributed by atoms with Crippen molar-refractivity contribution in [2.24, 2.45) is 0 Å². The lowest BCUT2D eigenvalue weighted by molar-refractivity contribution is 0.929. The molecule has 0 aromatic rings. The smallest absolute Gasteiger partial charge is 0.0169 e. The summed E-state index contributed by atoms with van der Waals surface area (Å²) in [5.41, 5.74) is 0. The Kier molecular flexibility index (Phi) is 5.35. The summed E-state index contributed by atoms with van der Waals surface area (Å²) < 4.78 is 0. The Morgan fingerprint density at radius 2 is 0.833 bits per heavy atom. The summed E-state index contributed by atoms with van der Waals surface area (Å²) in [4.78, 5) is 0. The largest absolute Gasteiger partial charge is 0.0885 e. The first kappa shape index (κ1) is 9.31. The van der Waals surface area contributed by atoms with E-state index < -0.39 is 0 Å². The quantitative estimate of drug-likeness (QED) is 0.472. The molecular formula is C12H18. The van der Waals surface area contributed by atoms with Gasteiger partial charge in [0.2, 0.25) is 0 Å². The molecule has 3 aliphatic carbocycles. The van der Waals surface area contributed by atoms with E-state index in [1.165, 1.54) is 38.5 Å². The minimum atomic E-state index is 1.25. The Morgan fingerprint density at radius 1 is 0.500 bits per heavy atom. The van der Waals surface area contributed by atoms with Gasteiger partial charge in [0.05, 0.1) is 0 Å². The van der Waals surface area contributed by atoms with Crippen molar-refractivity contribution in [2.75, 3.05) is 0 Å². The van der Waals surface area contributed by atoms with E-state index in [2.05, 4.69) is 36.5 Å². The van der Waals surface area contributed by atoms with Crippen LogP contribution in [-0.4, -0.2) is 0 Å². The first-order valence-electron chi connectivity index (χ1n) is 4.95. The second-order valence-electron chi connectivity index (χ2n) is 3.16. The van der Waals surface area contributed by atoms with Crippen LogP contribution in [-0.2, 0) is 0 Å². The first-order chi connectivity index (χ1) is 6.00. The normalized spacial score (nSPS) is 20.0. The van der Waals surface area contributed by atoms with Gasteiger partial charge in [-0.25, -0.2) is 0 Å². The van der Waals surface area contributed by atoms with Gasteiger partial charge in [-0.15, -0.1) is 0 Å². The highest BCUT2D eigenvalue weighted by Gasteiger charge is 1.84. The molecular weight excluding hydrogens is 144 g/mol. The van der Waals surface area contributed by atoms with E-state index in [1.54, 1.807) is 0 Å². The van der Waals surface area contributed by atoms with Gasteiger partial charge < -0.3 is 0 Å². The molecule has 0 fully saturated rings. The van der Waals surface area contributed by atoms with Crippen LogP contribution >= 0.6 is 0 Å². The molecule has 3 aliphatic rings. The zero-order valence-electron chi connectivity index (χ0n) is 7.71. The van der Waals surface area contributed by atoms with Crippen LogP contribution in [0.25, 0.3) is 0 Å². The van der Waals surface area contributed by atoms with Gasteiger partial charge >= 0.3 is 0 Å². The molecule has 0 heterocycles. The maximum atomic E-state index is 2.24. The molecule has 0 aliphatic heterocycles. The molecule has 0 N–H and O–H groups in total. The average molecular weight is 162 g/mol. The van der Waals surface area contributed by atoms with Crippen molar-refractivity contribution in [1.29, 1.82) is 0 Å². The lowest BCUT2D eigenvalue weighted by Gasteiger charge is -1.92. The highest BCUT2D eigenvalue weighted by molar-refractivity contribution is 5.02. The molecule has 0 heteroatoms. The summed E-state index contributed by atoms with van der Waals surface area (Å²) in [6.07, 6.45) is 21.0. The fraction of sp³-hybridized carbons (Fsp3) is 0.500. The van der Waals surface area contributed by atoms with Crippen molar-refractivity contribution in [3.63, 3.8) is 0 Å². The number of rotatable bonds is 0. The third-order valence-electron chi connectivity index (χ3n) is 1.81. The zero-order valence-corrected chi connectivity index (χ0v) is 7.71. The summed E-state index contributed by atoms with van der Waals surface area (Å²) in [6.45, 7) is 0. The lowest BCUT2D eigenvalue weighted by Crippen LogP contribution is -1.71. The van der Waals surface area contributed by atoms with Crippen LogP contribution in [0.3, 0.4) is 0 Å². The predicted octanol–water partition coefficient (Wildman–Crippen LogP) is 4.01. The van der Waals surface area contributed by atoms with Crippen LogP contribution < -0.4 is 0 Å². The van der Waals surface area contributed by atoms with Crippen LogP contribution in [0.15, 0.2) is 36.5 Å². The highest BCUT2D eigenvalue weighted by Crippen LogP contribution is 2.05. The monoisotopic (exact) mass is 162 g/mol. The molecule has 0 atom stereocenters. The molecule has 12 heavy (non-hydrogen) atoms. The second-order valence-corrected chi connectivity index (χ2v) is 3.16. The van der Waals surface area contributed by atoms with Crippen molar-refractivity contribution in [3.8, 4) is 0 Å². The van der Waals surface area contributed by atoms with Gasteiger partial charge in [-0.1, -0.05) is 36.5 Å². The van der Waals surface area contributed by atoms with E-state index in [4.69, 9.17) is 0 Å². The van der Waals surface area contributed by atoms with Gasteiger partial charge in [0.1, 0.15) is 0 Å². The molecule has 0 saturated carbocycles. The first-order valence-corrected chi connectivity index (χ1v) is 4.95. The molecule has 0 saturated heterocycles. The van der Waals surface area contributed by atoms with Gasteiger partial charge in [0, 0.05) is 0 Å². The van der Waals surface area contributed by atoms with E-state index in [9.17, 15) is 0 Å². The molecule has 0 nitrogen and oxygen atoms in total. The fourth-order valence-corrected chi connectivity index (χ4v) is 0.756. The van der Waals surface area contributed by atoms with Crippen molar-refractivity contribution >= 4 is 0 Å². The number of allylic oxidation sites excluding steroid dienone is 6. The van der Waals surface area contributed by atoms with Gasteiger partial charge in [-0.3, -0.25) is 0 Å². The lowest BCUT2D eigenvalue weighted by atomic mass is 10.1. The van der Waals surface area contributed by atoms with E-state index in [0.29, 0.717) is 0 Å². The predicted molar refractivity (Wildman–Crippen MR) is 55.1 cm³/mol. The van der Waals surface area contributed by atoms with Crippen LogP contribution in [0.2, 0.25) is 0 Å². The molecule has 0 amide bonds. The minimum absolute atomic E-state index is 1.25. The minimum Gasteiger partial charge on any atom is -0.0885 e. The molecule has 0 bridgehead atoms. The molecule has 0 aromatic carbocycles. The zero-order chi connectivity index (χ0) is 8.49. The Bertz CT molecular complexity index is 156. The summed E-state index contributed by atoms with van der Waals surface area (Å²) in [6, 6.07) is 0. The summed E-state index contributed by atoms with van der Waals surface area (Å²) in [5, 5.41) is 0. The summed E-state index contributed by atoms with van der Waals surface area (Å²) >= 11 is 0. The Morgan fingerprint density at radius 3 is 0.917 bits per heavy atom. The number of hydrogen-bond acceptors (Lipinski definition) is 0. The molecule has 0 spiro atoms. The van der Waals surface area contributed by atoms with Crippen LogP contribution in [0.4, 0.5) is 0 Å². The summed E-state index contributed by atoms with van der Waals surface area (Å²) in [7, 11) is 0. The van der Waals surface area contributed by atoms with Gasteiger partial charge in [-0.2, -0.15) is 0 Å². The van der Waals surface area contributed by atoms with Crippen molar-refractivity contribution < 1.29 is 0 Å². The van der Waals surface area contributed by atoms with E-state index in [-0.39, 0.29) is 0 Å². The summed E-state index contributed by atoms with van der Waals surface area (Å²) in [5.74, 6) is 0. The molecule has 3 rings (SSSR count). The van der Waals surface area contributed by atoms with Crippen molar-refractivity contribution in [2.45, 2.75) is 38.5 Å². The third kappa shape index (κ3) is 7.33. The van der Waals surface area contributed by atoms with Crippen LogP contribution in [0.5, 0.6) is 0 Å². The Labute approximate surface area is 75.7 Å². The van der Waals surface area contributed by atoms with Crippen LogP contribution in [0.1, 0.15) is 38.5 Å². The molecule has 0 radical (unpaired) electrons. The topological polar surface area (TPSA) is 0 Å². The Balaban J connectivity index is 0.0000000929. The molecule has 0 unspecified atom stereocenters. The average Bonchev–Trinajstić information content (AvgIpc) is 2.70. The van der Waals surface area contributed by atoms with E-state index in [1.807, 2.05) is 0 Å². The fourth-order valence-electron chi connectivity index (χ4n) is 0.756. The number of hydrogen-bond donors (Lipinski definition) is 0. The highest BCUT2D eigenvalue weighted by atomic mass is 13.9. The molecule has 66 valence electrons. The van der Waals surface area contributed by atoms with Crippen LogP contribution in [0, 0.1) is 0 Å². The Hall–Kier alpha value is -0.780. The van der Waals surface area contributed by atoms with E-state index >= 15 is 0 Å². The van der Waals surface area contributed by atoms with Gasteiger partial charge in [0.15, 0.2) is 0 Å². The maximum absolute atomic E-state index is 2.24. The standard InChI is InChI=1S/C5H8.C4H6.C3H4/c1-2-4-5-3-1;1-2-4-3-1;1-2-3-1/h1-2H,3-5H2;1-2H,3-4H2;1-2H,3H2. The second kappa shape index (κ2) is 6.90. The van der Waals surface area contributed by atoms with Gasteiger partial charge in [-0.05, 0) is 38.5 Å². The van der Waals surface area contributed by atoms with Crippen molar-refractivity contribution in [1.82, 2.24) is 0 Å². The molecule has 0 aromatic heterocycles.